The lowest BCUT2D eigenvalue weighted by atomic mass is 10.1. The van der Waals surface area contributed by atoms with Crippen LogP contribution in [0.4, 0.5) is 5.69 Å². The summed E-state index contributed by atoms with van der Waals surface area (Å²) in [6.45, 7) is 5.35. The first-order chi connectivity index (χ1) is 13.4. The molecule has 0 aliphatic carbocycles. The average molecular weight is 403 g/mol. The van der Waals surface area contributed by atoms with Crippen molar-refractivity contribution in [3.8, 4) is 0 Å². The van der Waals surface area contributed by atoms with Gasteiger partial charge in [0.1, 0.15) is 0 Å². The minimum atomic E-state index is -3.59. The number of fused-ring (bicyclic) bond motifs is 1. The van der Waals surface area contributed by atoms with Crippen molar-refractivity contribution in [2.75, 3.05) is 24.7 Å². The van der Waals surface area contributed by atoms with Gasteiger partial charge in [0.05, 0.1) is 4.90 Å². The molecule has 28 heavy (non-hydrogen) atoms. The molecule has 1 aliphatic rings. The molecule has 0 saturated heterocycles. The van der Waals surface area contributed by atoms with Crippen LogP contribution < -0.4 is 9.62 Å². The van der Waals surface area contributed by atoms with E-state index in [1.165, 1.54) is 0 Å². The van der Waals surface area contributed by atoms with Crippen LogP contribution in [0.5, 0.6) is 0 Å². The highest BCUT2D eigenvalue weighted by molar-refractivity contribution is 7.89. The number of anilines is 1. The second-order valence-electron chi connectivity index (χ2n) is 6.83. The number of carbonyl (C=O) groups excluding carboxylic acids is 1. The third kappa shape index (κ3) is 4.43. The largest absolute Gasteiger partial charge is 0.382 e. The van der Waals surface area contributed by atoms with Crippen LogP contribution >= 0.6 is 0 Å². The van der Waals surface area contributed by atoms with E-state index in [-0.39, 0.29) is 16.8 Å². The molecule has 1 N–H and O–H groups in total. The van der Waals surface area contributed by atoms with Crippen molar-refractivity contribution >= 4 is 21.6 Å². The second kappa shape index (κ2) is 8.86. The number of carbonyl (C=O) groups is 1. The summed E-state index contributed by atoms with van der Waals surface area (Å²) in [6, 6.07) is 14.1. The number of hydrogen-bond acceptors (Lipinski definition) is 4. The minimum absolute atomic E-state index is 0.0280. The Balaban J connectivity index is 1.77. The van der Waals surface area contributed by atoms with Gasteiger partial charge in [-0.15, -0.1) is 0 Å². The quantitative estimate of drug-likeness (QED) is 0.689. The first kappa shape index (κ1) is 20.5. The number of benzene rings is 2. The molecule has 0 spiro atoms. The van der Waals surface area contributed by atoms with E-state index in [0.29, 0.717) is 38.2 Å². The van der Waals surface area contributed by atoms with Crippen molar-refractivity contribution in [2.24, 2.45) is 0 Å². The zero-order valence-corrected chi connectivity index (χ0v) is 17.0. The topological polar surface area (TPSA) is 75.7 Å². The Morgan fingerprint density at radius 3 is 2.68 bits per heavy atom. The fraction of sp³-hybridized carbons (Fsp3) is 0.381. The fourth-order valence-corrected chi connectivity index (χ4v) is 4.54. The summed E-state index contributed by atoms with van der Waals surface area (Å²) in [7, 11) is -3.59. The van der Waals surface area contributed by atoms with E-state index >= 15 is 0 Å². The Labute approximate surface area is 166 Å². The molecule has 6 nitrogen and oxygen atoms in total. The Bertz CT molecular complexity index is 929. The van der Waals surface area contributed by atoms with Crippen molar-refractivity contribution in [1.82, 2.24) is 4.72 Å². The van der Waals surface area contributed by atoms with E-state index in [2.05, 4.69) is 4.72 Å². The molecule has 0 saturated carbocycles. The smallest absolute Gasteiger partial charge is 0.258 e. The van der Waals surface area contributed by atoms with E-state index < -0.39 is 10.0 Å². The Morgan fingerprint density at radius 1 is 1.21 bits per heavy atom. The molecule has 1 heterocycles. The summed E-state index contributed by atoms with van der Waals surface area (Å²) in [4.78, 5) is 14.9. The van der Waals surface area contributed by atoms with E-state index in [0.717, 1.165) is 11.3 Å². The Morgan fingerprint density at radius 2 is 1.96 bits per heavy atom. The molecule has 1 atom stereocenters. The van der Waals surface area contributed by atoms with Gasteiger partial charge in [0.2, 0.25) is 10.0 Å². The summed E-state index contributed by atoms with van der Waals surface area (Å²) in [6.07, 6.45) is 1.25. The van der Waals surface area contributed by atoms with Crippen LogP contribution in [0.1, 0.15) is 36.2 Å². The number of sulfonamides is 1. The Hall–Kier alpha value is -2.22. The lowest BCUT2D eigenvalue weighted by molar-refractivity contribution is 0.0981. The van der Waals surface area contributed by atoms with Crippen LogP contribution in [-0.2, 0) is 21.2 Å². The lowest BCUT2D eigenvalue weighted by Crippen LogP contribution is -2.35. The number of rotatable bonds is 8. The van der Waals surface area contributed by atoms with E-state index in [9.17, 15) is 13.2 Å². The molecule has 0 aromatic heterocycles. The lowest BCUT2D eigenvalue weighted by Gasteiger charge is -2.23. The van der Waals surface area contributed by atoms with Gasteiger partial charge in [0.25, 0.3) is 5.91 Å². The van der Waals surface area contributed by atoms with Crippen molar-refractivity contribution in [1.29, 1.82) is 0 Å². The van der Waals surface area contributed by atoms with Gasteiger partial charge in [-0.25, -0.2) is 13.1 Å². The molecular weight excluding hydrogens is 376 g/mol. The molecule has 2 aromatic carbocycles. The third-order valence-electron chi connectivity index (χ3n) is 4.78. The number of nitrogens with one attached hydrogen (secondary N) is 1. The van der Waals surface area contributed by atoms with Gasteiger partial charge in [-0.1, -0.05) is 18.2 Å². The van der Waals surface area contributed by atoms with Gasteiger partial charge in [-0.3, -0.25) is 4.79 Å². The van der Waals surface area contributed by atoms with Crippen LogP contribution in [0.3, 0.4) is 0 Å². The molecule has 3 rings (SSSR count). The molecule has 0 unspecified atom stereocenters. The maximum Gasteiger partial charge on any atom is 0.258 e. The van der Waals surface area contributed by atoms with Crippen molar-refractivity contribution in [3.63, 3.8) is 0 Å². The van der Waals surface area contributed by atoms with Crippen LogP contribution in [0, 0.1) is 0 Å². The molecule has 0 bridgehead atoms. The van der Waals surface area contributed by atoms with Crippen LogP contribution in [0.2, 0.25) is 0 Å². The fourth-order valence-electron chi connectivity index (χ4n) is 3.41. The summed E-state index contributed by atoms with van der Waals surface area (Å²) in [5.74, 6) is -0.0727. The van der Waals surface area contributed by atoms with E-state index in [1.54, 1.807) is 35.2 Å². The molecule has 1 aliphatic heterocycles. The first-order valence-corrected chi connectivity index (χ1v) is 11.0. The van der Waals surface area contributed by atoms with E-state index in [1.807, 2.05) is 32.0 Å². The van der Waals surface area contributed by atoms with Crippen LogP contribution in [0.15, 0.2) is 53.4 Å². The maximum absolute atomic E-state index is 12.9. The van der Waals surface area contributed by atoms with Crippen molar-refractivity contribution in [3.05, 3.63) is 59.7 Å². The highest BCUT2D eigenvalue weighted by atomic mass is 32.2. The summed E-state index contributed by atoms with van der Waals surface area (Å²) in [5, 5.41) is 0. The number of nitrogens with zero attached hydrogens (tertiary/aromatic N) is 1. The van der Waals surface area contributed by atoms with Gasteiger partial charge >= 0.3 is 0 Å². The average Bonchev–Trinajstić information content (AvgIpc) is 3.02. The Kier molecular flexibility index (Phi) is 6.49. The summed E-state index contributed by atoms with van der Waals surface area (Å²) >= 11 is 0. The highest BCUT2D eigenvalue weighted by Crippen LogP contribution is 2.35. The number of ether oxygens (including phenoxy) is 1. The standard InChI is InChI=1S/C21H26N2O4S/c1-3-27-13-7-12-22-28(25,26)19-10-11-20-18(15-19)14-16(2)23(20)21(24)17-8-5-4-6-9-17/h4-6,8-11,15-16,22H,3,7,12-14H2,1-2H3/t16-/m1/s1. The predicted octanol–water partition coefficient (Wildman–Crippen LogP) is 2.98. The van der Waals surface area contributed by atoms with Gasteiger partial charge < -0.3 is 9.64 Å². The zero-order chi connectivity index (χ0) is 20.1. The predicted molar refractivity (Wildman–Crippen MR) is 109 cm³/mol. The van der Waals surface area contributed by atoms with Gasteiger partial charge in [-0.05, 0) is 62.6 Å². The van der Waals surface area contributed by atoms with Crippen molar-refractivity contribution in [2.45, 2.75) is 37.6 Å². The van der Waals surface area contributed by atoms with E-state index in [4.69, 9.17) is 4.74 Å². The molecule has 7 heteroatoms. The second-order valence-corrected chi connectivity index (χ2v) is 8.60. The minimum Gasteiger partial charge on any atom is -0.382 e. The molecule has 1 amide bonds. The summed E-state index contributed by atoms with van der Waals surface area (Å²) in [5.41, 5.74) is 2.26. The zero-order valence-electron chi connectivity index (χ0n) is 16.2. The maximum atomic E-state index is 12.9. The molecule has 2 aromatic rings. The summed E-state index contributed by atoms with van der Waals surface area (Å²) < 4.78 is 32.9. The number of amides is 1. The number of hydrogen-bond donors (Lipinski definition) is 1. The molecule has 0 fully saturated rings. The monoisotopic (exact) mass is 402 g/mol. The molecule has 150 valence electrons. The highest BCUT2D eigenvalue weighted by Gasteiger charge is 2.32. The first-order valence-electron chi connectivity index (χ1n) is 9.53. The van der Waals surface area contributed by atoms with Gasteiger partial charge in [0.15, 0.2) is 0 Å². The third-order valence-corrected chi connectivity index (χ3v) is 6.24. The van der Waals surface area contributed by atoms with Gasteiger partial charge in [0, 0.05) is 37.1 Å². The normalized spacial score (nSPS) is 16.2. The van der Waals surface area contributed by atoms with Gasteiger partial charge in [-0.2, -0.15) is 0 Å². The van der Waals surface area contributed by atoms with Crippen LogP contribution in [-0.4, -0.2) is 40.1 Å². The molecular formula is C21H26N2O4S. The SMILES string of the molecule is CCOCCCNS(=O)(=O)c1ccc2c(c1)C[C@@H](C)N2C(=O)c1ccccc1. The van der Waals surface area contributed by atoms with Crippen molar-refractivity contribution < 1.29 is 17.9 Å². The molecule has 0 radical (unpaired) electrons. The van der Waals surface area contributed by atoms with Crippen LogP contribution in [0.25, 0.3) is 0 Å².